The fourth-order valence-corrected chi connectivity index (χ4v) is 3.97. The highest BCUT2D eigenvalue weighted by atomic mass is 127. The van der Waals surface area contributed by atoms with Crippen molar-refractivity contribution in [2.45, 2.75) is 6.92 Å². The molecule has 0 aliphatic carbocycles. The van der Waals surface area contributed by atoms with Gasteiger partial charge in [0.1, 0.15) is 5.57 Å². The third kappa shape index (κ3) is 5.57. The van der Waals surface area contributed by atoms with Gasteiger partial charge < -0.3 is 15.2 Å². The third-order valence-corrected chi connectivity index (χ3v) is 5.80. The average Bonchev–Trinajstić information content (AvgIpc) is 2.73. The number of halogens is 3. The lowest BCUT2D eigenvalue weighted by molar-refractivity contribution is -0.123. The summed E-state index contributed by atoms with van der Waals surface area (Å²) in [6, 6.07) is 6.44. The predicted molar refractivity (Wildman–Crippen MR) is 130 cm³/mol. The number of nitrogens with one attached hydrogen (secondary N) is 1. The van der Waals surface area contributed by atoms with Crippen LogP contribution in [0.25, 0.3) is 6.08 Å². The fourth-order valence-electron chi connectivity index (χ4n) is 2.90. The summed E-state index contributed by atoms with van der Waals surface area (Å²) in [5, 5.41) is 2.52. The van der Waals surface area contributed by atoms with Crippen molar-refractivity contribution in [1.29, 1.82) is 0 Å². The van der Waals surface area contributed by atoms with Crippen LogP contribution in [0, 0.1) is 3.57 Å². The molecule has 2 aromatic rings. The maximum Gasteiger partial charge on any atom is 0.335 e. The van der Waals surface area contributed by atoms with Gasteiger partial charge in [-0.1, -0.05) is 23.2 Å². The number of hydrogen-bond acceptors (Lipinski definition) is 6. The Bertz CT molecular complexity index is 1200. The number of nitrogens with zero attached hydrogens (tertiary/aromatic N) is 1. The van der Waals surface area contributed by atoms with Gasteiger partial charge in [0.2, 0.25) is 0 Å². The van der Waals surface area contributed by atoms with Crippen LogP contribution in [0.3, 0.4) is 0 Å². The first-order chi connectivity index (χ1) is 15.6. The van der Waals surface area contributed by atoms with E-state index in [0.29, 0.717) is 27.2 Å². The number of urea groups is 1. The second-order valence-electron chi connectivity index (χ2n) is 6.57. The number of benzene rings is 2. The molecule has 1 fully saturated rings. The summed E-state index contributed by atoms with van der Waals surface area (Å²) in [6.45, 7) is 1.70. The second-order valence-corrected chi connectivity index (χ2v) is 8.55. The Labute approximate surface area is 211 Å². The first-order valence-corrected chi connectivity index (χ1v) is 11.2. The SMILES string of the molecule is CCOc1cc(/C=C2\C(=O)NC(=O)N(c3ccc(Cl)c(Cl)c3)C2=O)cc(I)c1OCC(N)=O. The monoisotopic (exact) mass is 603 g/mol. The van der Waals surface area contributed by atoms with Crippen LogP contribution >= 0.6 is 45.8 Å². The van der Waals surface area contributed by atoms with Crippen LogP contribution in [0.5, 0.6) is 11.5 Å². The molecule has 3 N–H and O–H groups in total. The van der Waals surface area contributed by atoms with Crippen LogP contribution in [0.15, 0.2) is 35.9 Å². The molecule has 0 spiro atoms. The van der Waals surface area contributed by atoms with E-state index in [-0.39, 0.29) is 27.9 Å². The van der Waals surface area contributed by atoms with Crippen molar-refractivity contribution in [1.82, 2.24) is 5.32 Å². The number of primary amides is 1. The topological polar surface area (TPSA) is 128 Å². The lowest BCUT2D eigenvalue weighted by Crippen LogP contribution is -2.54. The van der Waals surface area contributed by atoms with Gasteiger partial charge in [0.25, 0.3) is 17.7 Å². The summed E-state index contributed by atoms with van der Waals surface area (Å²) in [6.07, 6.45) is 1.32. The van der Waals surface area contributed by atoms with Crippen LogP contribution in [-0.2, 0) is 14.4 Å². The summed E-state index contributed by atoms with van der Waals surface area (Å²) in [7, 11) is 0. The smallest absolute Gasteiger partial charge is 0.335 e. The number of carbonyl (C=O) groups excluding carboxylic acids is 4. The normalized spacial score (nSPS) is 15.0. The zero-order chi connectivity index (χ0) is 24.3. The van der Waals surface area contributed by atoms with Crippen LogP contribution in [0.4, 0.5) is 10.5 Å². The number of nitrogens with two attached hydrogens (primary N) is 1. The lowest BCUT2D eigenvalue weighted by Gasteiger charge is -2.26. The largest absolute Gasteiger partial charge is 0.490 e. The molecule has 1 aliphatic heterocycles. The number of imide groups is 2. The maximum absolute atomic E-state index is 13.1. The molecule has 12 heteroatoms. The minimum Gasteiger partial charge on any atom is -0.490 e. The van der Waals surface area contributed by atoms with Crippen LogP contribution < -0.4 is 25.4 Å². The molecule has 9 nitrogen and oxygen atoms in total. The third-order valence-electron chi connectivity index (χ3n) is 4.26. The van der Waals surface area contributed by atoms with E-state index in [1.54, 1.807) is 13.0 Å². The second kappa shape index (κ2) is 10.4. The number of anilines is 1. The first-order valence-electron chi connectivity index (χ1n) is 9.36. The van der Waals surface area contributed by atoms with Crippen molar-refractivity contribution in [2.24, 2.45) is 5.73 Å². The maximum atomic E-state index is 13.1. The van der Waals surface area contributed by atoms with Gasteiger partial charge in [0.15, 0.2) is 18.1 Å². The number of rotatable bonds is 7. The van der Waals surface area contributed by atoms with Crippen LogP contribution in [0.1, 0.15) is 12.5 Å². The Kier molecular flexibility index (Phi) is 7.82. The summed E-state index contributed by atoms with van der Waals surface area (Å²) in [5.41, 5.74) is 5.43. The van der Waals surface area contributed by atoms with E-state index in [1.807, 2.05) is 22.6 Å². The van der Waals surface area contributed by atoms with E-state index in [0.717, 1.165) is 4.90 Å². The van der Waals surface area contributed by atoms with Crippen molar-refractivity contribution in [3.63, 3.8) is 0 Å². The lowest BCUT2D eigenvalue weighted by atomic mass is 10.1. The van der Waals surface area contributed by atoms with Gasteiger partial charge in [0.05, 0.1) is 25.9 Å². The molecular weight excluding hydrogens is 588 g/mol. The van der Waals surface area contributed by atoms with Gasteiger partial charge in [0, 0.05) is 0 Å². The van der Waals surface area contributed by atoms with Crippen LogP contribution in [-0.4, -0.2) is 37.0 Å². The molecule has 0 atom stereocenters. The number of carbonyl (C=O) groups is 4. The summed E-state index contributed by atoms with van der Waals surface area (Å²) in [4.78, 5) is 49.8. The van der Waals surface area contributed by atoms with Crippen LogP contribution in [0.2, 0.25) is 10.0 Å². The van der Waals surface area contributed by atoms with Gasteiger partial charge in [-0.2, -0.15) is 0 Å². The van der Waals surface area contributed by atoms with Crippen molar-refractivity contribution in [2.75, 3.05) is 18.1 Å². The van der Waals surface area contributed by atoms with Gasteiger partial charge >= 0.3 is 6.03 Å². The van der Waals surface area contributed by atoms with Crippen molar-refractivity contribution in [3.05, 3.63) is 55.1 Å². The Hall–Kier alpha value is -2.83. The number of hydrogen-bond donors (Lipinski definition) is 2. The fraction of sp³-hybridized carbons (Fsp3) is 0.143. The Balaban J connectivity index is 2.02. The summed E-state index contributed by atoms with van der Waals surface area (Å²) < 4.78 is 11.6. The molecule has 1 aliphatic rings. The standard InChI is InChI=1S/C21H16Cl2IN3O6/c1-2-32-16-7-10(6-15(24)18(16)33-9-17(25)28)5-12-19(29)26-21(31)27(20(12)30)11-3-4-13(22)14(23)8-11/h3-8H,2,9H2,1H3,(H2,25,28)(H,26,29,31)/b12-5+. The molecule has 33 heavy (non-hydrogen) atoms. The quantitative estimate of drug-likeness (QED) is 0.283. The summed E-state index contributed by atoms with van der Waals surface area (Å²) in [5.74, 6) is -1.77. The molecule has 1 heterocycles. The molecule has 0 bridgehead atoms. The Morgan fingerprint density at radius 2 is 1.88 bits per heavy atom. The molecule has 1 saturated heterocycles. The van der Waals surface area contributed by atoms with E-state index in [4.69, 9.17) is 38.4 Å². The number of amides is 5. The summed E-state index contributed by atoms with van der Waals surface area (Å²) >= 11 is 13.9. The Morgan fingerprint density at radius 3 is 2.52 bits per heavy atom. The zero-order valence-corrected chi connectivity index (χ0v) is 20.7. The van der Waals surface area contributed by atoms with E-state index in [1.165, 1.54) is 30.3 Å². The highest BCUT2D eigenvalue weighted by Gasteiger charge is 2.37. The van der Waals surface area contributed by atoms with Crippen molar-refractivity contribution in [3.8, 4) is 11.5 Å². The minimum absolute atomic E-state index is 0.139. The molecule has 0 saturated carbocycles. The van der Waals surface area contributed by atoms with E-state index in [9.17, 15) is 19.2 Å². The number of ether oxygens (including phenoxy) is 2. The predicted octanol–water partition coefficient (Wildman–Crippen LogP) is 3.53. The minimum atomic E-state index is -0.916. The van der Waals surface area contributed by atoms with Gasteiger partial charge in [-0.25, -0.2) is 9.69 Å². The molecule has 5 amide bonds. The van der Waals surface area contributed by atoms with Crippen molar-refractivity contribution < 1.29 is 28.7 Å². The van der Waals surface area contributed by atoms with Gasteiger partial charge in [-0.05, 0) is 71.5 Å². The highest BCUT2D eigenvalue weighted by molar-refractivity contribution is 14.1. The molecular formula is C21H16Cl2IN3O6. The molecule has 3 rings (SSSR count). The van der Waals surface area contributed by atoms with Gasteiger partial charge in [-0.15, -0.1) is 0 Å². The molecule has 0 aromatic heterocycles. The Morgan fingerprint density at radius 1 is 1.15 bits per heavy atom. The number of barbiturate groups is 1. The van der Waals surface area contributed by atoms with Gasteiger partial charge in [-0.3, -0.25) is 19.7 Å². The van der Waals surface area contributed by atoms with E-state index >= 15 is 0 Å². The highest BCUT2D eigenvalue weighted by Crippen LogP contribution is 2.35. The van der Waals surface area contributed by atoms with E-state index in [2.05, 4.69) is 5.32 Å². The molecule has 0 radical (unpaired) electrons. The first kappa shape index (κ1) is 24.8. The molecule has 2 aromatic carbocycles. The van der Waals surface area contributed by atoms with E-state index < -0.39 is 23.8 Å². The molecule has 0 unspecified atom stereocenters. The van der Waals surface area contributed by atoms with Crippen molar-refractivity contribution >= 4 is 81.3 Å². The zero-order valence-electron chi connectivity index (χ0n) is 17.0. The average molecular weight is 604 g/mol. The molecule has 172 valence electrons.